The first-order chi connectivity index (χ1) is 6.86. The number of nitrogens with zero attached hydrogens (tertiary/aromatic N) is 1. The summed E-state index contributed by atoms with van der Waals surface area (Å²) in [6, 6.07) is 0. The van der Waals surface area contributed by atoms with E-state index in [0.29, 0.717) is 0 Å². The third kappa shape index (κ3) is 5.06. The molecule has 0 spiro atoms. The Labute approximate surface area is 97.8 Å². The first-order valence-corrected chi connectivity index (χ1v) is 13.6. The zero-order valence-electron chi connectivity index (χ0n) is 10.1. The van der Waals surface area contributed by atoms with Crippen molar-refractivity contribution in [3.8, 4) is 0 Å². The van der Waals surface area contributed by atoms with Crippen molar-refractivity contribution in [2.45, 2.75) is 52.1 Å². The van der Waals surface area contributed by atoms with Crippen LogP contribution in [0.1, 0.15) is 39.5 Å². The van der Waals surface area contributed by atoms with E-state index in [-0.39, 0.29) is 0 Å². The van der Waals surface area contributed by atoms with Gasteiger partial charge in [0.15, 0.2) is 0 Å². The normalized spacial score (nSPS) is 16.9. The number of unbranched alkanes of at least 4 members (excludes halogenated alkanes) is 1. The van der Waals surface area contributed by atoms with Crippen molar-refractivity contribution in [2.24, 2.45) is 0 Å². The quantitative estimate of drug-likeness (QED) is 0.651. The first kappa shape index (κ1) is 12.9. The zero-order chi connectivity index (χ0) is 10.2. The molecule has 0 aromatic heterocycles. The van der Waals surface area contributed by atoms with Crippen LogP contribution < -0.4 is 0 Å². The van der Waals surface area contributed by atoms with Crippen molar-refractivity contribution >= 4 is 21.4 Å². The summed E-state index contributed by atoms with van der Waals surface area (Å²) >= 11 is -0.830. The van der Waals surface area contributed by atoms with Gasteiger partial charge < -0.3 is 0 Å². The van der Waals surface area contributed by atoms with Gasteiger partial charge in [-0.15, -0.1) is 0 Å². The molecular weight excluding hydrogens is 273 g/mol. The predicted molar refractivity (Wildman–Crippen MR) is 66.4 cm³/mol. The van der Waals surface area contributed by atoms with Crippen LogP contribution in [0.25, 0.3) is 0 Å². The molecule has 0 saturated carbocycles. The number of hydrogen-bond donors (Lipinski definition) is 0. The van der Waals surface area contributed by atoms with E-state index in [0.717, 1.165) is 0 Å². The molecule has 2 heteroatoms. The van der Waals surface area contributed by atoms with Crippen LogP contribution in [0.15, 0.2) is 0 Å². The van der Waals surface area contributed by atoms with Gasteiger partial charge in [-0.05, 0) is 0 Å². The fourth-order valence-electron chi connectivity index (χ4n) is 2.61. The van der Waals surface area contributed by atoms with E-state index in [1.165, 1.54) is 26.1 Å². The van der Waals surface area contributed by atoms with E-state index in [2.05, 4.69) is 18.7 Å². The molecule has 82 valence electrons. The van der Waals surface area contributed by atoms with Gasteiger partial charge in [0.1, 0.15) is 0 Å². The molecule has 1 rings (SSSR count). The number of rotatable bonds is 7. The van der Waals surface area contributed by atoms with Crippen molar-refractivity contribution in [3.05, 3.63) is 0 Å². The van der Waals surface area contributed by atoms with Gasteiger partial charge in [-0.1, -0.05) is 0 Å². The maximum atomic E-state index is 2.56. The Balaban J connectivity index is 1.92. The van der Waals surface area contributed by atoms with Crippen LogP contribution in [-0.2, 0) is 0 Å². The minimum atomic E-state index is -0.830. The molecule has 0 aliphatic carbocycles. The Kier molecular flexibility index (Phi) is 7.40. The molecule has 0 amide bonds. The van der Waals surface area contributed by atoms with Gasteiger partial charge in [-0.2, -0.15) is 0 Å². The van der Waals surface area contributed by atoms with Gasteiger partial charge in [-0.25, -0.2) is 0 Å². The Morgan fingerprint density at radius 1 is 1.00 bits per heavy atom. The second-order valence-electron chi connectivity index (χ2n) is 4.67. The minimum absolute atomic E-state index is 0.830. The summed E-state index contributed by atoms with van der Waals surface area (Å²) in [4.78, 5) is 2.56. The van der Waals surface area contributed by atoms with E-state index in [9.17, 15) is 0 Å². The van der Waals surface area contributed by atoms with Crippen LogP contribution in [0.3, 0.4) is 0 Å². The van der Waals surface area contributed by atoms with Crippen LogP contribution in [-0.4, -0.2) is 46.0 Å². The van der Waals surface area contributed by atoms with E-state index >= 15 is 0 Å². The third-order valence-electron chi connectivity index (χ3n) is 3.71. The molecular formula is C12H26InN. The van der Waals surface area contributed by atoms with Crippen LogP contribution >= 0.6 is 0 Å². The van der Waals surface area contributed by atoms with Crippen molar-refractivity contribution in [3.63, 3.8) is 0 Å². The van der Waals surface area contributed by atoms with E-state index in [4.69, 9.17) is 0 Å². The molecule has 0 aromatic rings. The first-order valence-electron chi connectivity index (χ1n) is 6.59. The molecule has 0 unspecified atom stereocenters. The Bertz CT molecular complexity index is 124. The predicted octanol–water partition coefficient (Wildman–Crippen LogP) is 3.40. The van der Waals surface area contributed by atoms with E-state index in [1.807, 2.05) is 0 Å². The Morgan fingerprint density at radius 2 is 1.64 bits per heavy atom. The average molecular weight is 299 g/mol. The fourth-order valence-corrected chi connectivity index (χ4v) is 12.5. The monoisotopic (exact) mass is 299 g/mol. The molecule has 0 atom stereocenters. The Hall–Kier alpha value is 0.830. The van der Waals surface area contributed by atoms with Crippen molar-refractivity contribution in [2.75, 3.05) is 19.6 Å². The third-order valence-corrected chi connectivity index (χ3v) is 14.2. The summed E-state index contributed by atoms with van der Waals surface area (Å²) < 4.78 is 5.17. The molecule has 0 radical (unpaired) electrons. The van der Waals surface area contributed by atoms with Crippen LogP contribution in [0.4, 0.5) is 0 Å². The molecule has 1 nitrogen and oxygen atoms in total. The summed E-state index contributed by atoms with van der Waals surface area (Å²) in [7, 11) is 0. The van der Waals surface area contributed by atoms with E-state index in [1.54, 1.807) is 31.8 Å². The summed E-state index contributed by atoms with van der Waals surface area (Å²) in [5.41, 5.74) is 0. The maximum absolute atomic E-state index is 2.56. The van der Waals surface area contributed by atoms with Gasteiger partial charge >= 0.3 is 98.0 Å². The molecule has 1 aliphatic heterocycles. The Morgan fingerprint density at radius 3 is 2.21 bits per heavy atom. The van der Waals surface area contributed by atoms with Crippen LogP contribution in [0.5, 0.6) is 0 Å². The summed E-state index contributed by atoms with van der Waals surface area (Å²) in [6.07, 6.45) is 6.21. The van der Waals surface area contributed by atoms with Gasteiger partial charge in [0.2, 0.25) is 0 Å². The topological polar surface area (TPSA) is 3.24 Å². The molecule has 1 aliphatic rings. The second kappa shape index (κ2) is 8.04. The standard InChI is InChI=1S/C8H18N.C4H8.In/c1-4-7-8-9(5-2)6-3;1-3-4-2;/h1,4-8H2,2-3H3;1-4H2;. The number of hydrogen-bond acceptors (Lipinski definition) is 1. The van der Waals surface area contributed by atoms with Gasteiger partial charge in [0.05, 0.1) is 0 Å². The summed E-state index contributed by atoms with van der Waals surface area (Å²) in [6.45, 7) is 8.39. The van der Waals surface area contributed by atoms with Gasteiger partial charge in [0, 0.05) is 0 Å². The van der Waals surface area contributed by atoms with Crippen LogP contribution in [0, 0.1) is 0 Å². The molecule has 1 heterocycles. The molecule has 1 fully saturated rings. The molecule has 14 heavy (non-hydrogen) atoms. The SMILES string of the molecule is CCN(CC)CCC[CH2][In]1[CH2]CC[CH2]1. The summed E-state index contributed by atoms with van der Waals surface area (Å²) in [5, 5.41) is 0. The average Bonchev–Trinajstić information content (AvgIpc) is 2.71. The second-order valence-corrected chi connectivity index (χ2v) is 14.6. The zero-order valence-corrected chi connectivity index (χ0v) is 13.4. The fraction of sp³-hybridized carbons (Fsp3) is 1.00. The van der Waals surface area contributed by atoms with Crippen molar-refractivity contribution < 1.29 is 0 Å². The van der Waals surface area contributed by atoms with Crippen molar-refractivity contribution in [1.29, 1.82) is 0 Å². The van der Waals surface area contributed by atoms with Gasteiger partial charge in [0.25, 0.3) is 0 Å². The molecule has 1 saturated heterocycles. The van der Waals surface area contributed by atoms with Crippen molar-refractivity contribution in [1.82, 2.24) is 4.90 Å². The molecule has 0 bridgehead atoms. The van der Waals surface area contributed by atoms with E-state index < -0.39 is 21.4 Å². The van der Waals surface area contributed by atoms with Crippen LogP contribution in [0.2, 0.25) is 12.5 Å². The van der Waals surface area contributed by atoms with Gasteiger partial charge in [-0.3, -0.25) is 0 Å². The molecule has 0 aromatic carbocycles. The molecule has 0 N–H and O–H groups in total. The summed E-state index contributed by atoms with van der Waals surface area (Å²) in [5.74, 6) is 0.